The quantitative estimate of drug-likeness (QED) is 0.519. The number of hydrogen-bond donors (Lipinski definition) is 2. The van der Waals surface area contributed by atoms with Gasteiger partial charge in [0, 0.05) is 29.0 Å². The highest BCUT2D eigenvalue weighted by Gasteiger charge is 2.33. The first kappa shape index (κ1) is 21.0. The molecule has 2 N–H and O–H groups in total. The van der Waals surface area contributed by atoms with Gasteiger partial charge in [-0.1, -0.05) is 23.7 Å². The highest BCUT2D eigenvalue weighted by molar-refractivity contribution is 7.87. The molecule has 1 amide bonds. The lowest BCUT2D eigenvalue weighted by molar-refractivity contribution is -0.120. The van der Waals surface area contributed by atoms with Gasteiger partial charge in [0.2, 0.25) is 5.91 Å². The van der Waals surface area contributed by atoms with Crippen molar-refractivity contribution in [2.45, 2.75) is 37.4 Å². The summed E-state index contributed by atoms with van der Waals surface area (Å²) in [5, 5.41) is 6.16. The lowest BCUT2D eigenvalue weighted by Crippen LogP contribution is -2.35. The van der Waals surface area contributed by atoms with Crippen LogP contribution in [0.2, 0.25) is 5.02 Å². The Balaban J connectivity index is 1.43. The Morgan fingerprint density at radius 1 is 1.20 bits per heavy atom. The van der Waals surface area contributed by atoms with Gasteiger partial charge >= 0.3 is 0 Å². The number of aromatic nitrogens is 2. The Hall–Kier alpha value is -2.29. The minimum Gasteiger partial charge on any atom is -0.325 e. The zero-order valence-corrected chi connectivity index (χ0v) is 18.9. The summed E-state index contributed by atoms with van der Waals surface area (Å²) in [6, 6.07) is 9.35. The number of amides is 1. The number of rotatable bonds is 7. The van der Waals surface area contributed by atoms with Crippen LogP contribution >= 0.6 is 22.9 Å². The molecule has 9 heteroatoms. The van der Waals surface area contributed by atoms with Crippen LogP contribution in [0.15, 0.2) is 48.1 Å². The van der Waals surface area contributed by atoms with Crippen molar-refractivity contribution in [1.29, 1.82) is 0 Å². The molecule has 1 aromatic carbocycles. The third-order valence-corrected chi connectivity index (χ3v) is 7.47. The van der Waals surface area contributed by atoms with Gasteiger partial charge in [-0.05, 0) is 50.5 Å². The Kier molecular flexibility index (Phi) is 5.90. The Bertz CT molecular complexity index is 1090. The second-order valence-electron chi connectivity index (χ2n) is 7.69. The Morgan fingerprint density at radius 3 is 2.60 bits per heavy atom. The lowest BCUT2D eigenvalue weighted by Gasteiger charge is -2.21. The summed E-state index contributed by atoms with van der Waals surface area (Å²) >= 11 is 7.37. The predicted molar refractivity (Wildman–Crippen MR) is 123 cm³/mol. The summed E-state index contributed by atoms with van der Waals surface area (Å²) in [7, 11) is -1.10. The van der Waals surface area contributed by atoms with E-state index in [4.69, 9.17) is 11.6 Å². The molecule has 3 aromatic rings. The number of anilines is 2. The normalized spacial score (nSPS) is 14.9. The van der Waals surface area contributed by atoms with Gasteiger partial charge < -0.3 is 5.32 Å². The summed E-state index contributed by atoms with van der Waals surface area (Å²) in [6.07, 6.45) is 5.30. The fourth-order valence-corrected chi connectivity index (χ4v) is 5.06. The minimum absolute atomic E-state index is 0.167. The SMILES string of the molecule is CC(C)(C(=O)Nc1ccc(-c2cncc(Cl)c2)cc1)c1csc(NS(=O)C2CC2)n1. The molecule has 1 unspecified atom stereocenters. The molecule has 0 spiro atoms. The highest BCUT2D eigenvalue weighted by Crippen LogP contribution is 2.31. The molecule has 30 heavy (non-hydrogen) atoms. The van der Waals surface area contributed by atoms with E-state index in [9.17, 15) is 9.00 Å². The van der Waals surface area contributed by atoms with E-state index in [0.717, 1.165) is 24.0 Å². The number of carbonyl (C=O) groups excluding carboxylic acids is 1. The van der Waals surface area contributed by atoms with Crippen molar-refractivity contribution in [3.63, 3.8) is 0 Å². The number of thiazole rings is 1. The maximum atomic E-state index is 12.9. The van der Waals surface area contributed by atoms with E-state index in [2.05, 4.69) is 20.0 Å². The van der Waals surface area contributed by atoms with Crippen molar-refractivity contribution in [2.24, 2.45) is 0 Å². The van der Waals surface area contributed by atoms with Gasteiger partial charge in [-0.15, -0.1) is 11.3 Å². The first-order chi connectivity index (χ1) is 14.3. The average molecular weight is 461 g/mol. The van der Waals surface area contributed by atoms with Crippen molar-refractivity contribution in [3.05, 3.63) is 58.8 Å². The monoisotopic (exact) mass is 460 g/mol. The summed E-state index contributed by atoms with van der Waals surface area (Å²) in [5.74, 6) is -0.167. The Labute approximate surface area is 186 Å². The van der Waals surface area contributed by atoms with Gasteiger partial charge in [-0.2, -0.15) is 0 Å². The largest absolute Gasteiger partial charge is 0.325 e. The molecular weight excluding hydrogens is 440 g/mol. The molecule has 0 radical (unpaired) electrons. The summed E-state index contributed by atoms with van der Waals surface area (Å²) in [4.78, 5) is 21.5. The van der Waals surface area contributed by atoms with E-state index >= 15 is 0 Å². The van der Waals surface area contributed by atoms with E-state index in [0.29, 0.717) is 21.5 Å². The third kappa shape index (κ3) is 4.71. The number of pyridine rings is 1. The van der Waals surface area contributed by atoms with Crippen LogP contribution in [0.3, 0.4) is 0 Å². The van der Waals surface area contributed by atoms with Gasteiger partial charge in [0.15, 0.2) is 5.13 Å². The van der Waals surface area contributed by atoms with E-state index in [1.165, 1.54) is 11.3 Å². The van der Waals surface area contributed by atoms with Crippen LogP contribution < -0.4 is 10.0 Å². The van der Waals surface area contributed by atoms with Gasteiger partial charge in [-0.3, -0.25) is 14.5 Å². The van der Waals surface area contributed by atoms with Crippen LogP contribution in [0.1, 0.15) is 32.4 Å². The molecule has 4 rings (SSSR count). The summed E-state index contributed by atoms with van der Waals surface area (Å²) < 4.78 is 15.0. The number of nitrogens with zero attached hydrogens (tertiary/aromatic N) is 2. The zero-order valence-electron chi connectivity index (χ0n) is 16.5. The molecule has 156 valence electrons. The van der Waals surface area contributed by atoms with Gasteiger partial charge in [-0.25, -0.2) is 9.19 Å². The number of carbonyl (C=O) groups is 1. The van der Waals surface area contributed by atoms with Crippen molar-refractivity contribution < 1.29 is 9.00 Å². The average Bonchev–Trinajstić information content (AvgIpc) is 3.47. The number of hydrogen-bond acceptors (Lipinski definition) is 5. The maximum Gasteiger partial charge on any atom is 0.236 e. The van der Waals surface area contributed by atoms with Crippen molar-refractivity contribution >= 4 is 50.6 Å². The number of halogens is 1. The molecule has 1 aliphatic carbocycles. The van der Waals surface area contributed by atoms with E-state index < -0.39 is 16.4 Å². The molecule has 1 atom stereocenters. The highest BCUT2D eigenvalue weighted by atomic mass is 35.5. The Morgan fingerprint density at radius 2 is 1.93 bits per heavy atom. The molecule has 6 nitrogen and oxygen atoms in total. The van der Waals surface area contributed by atoms with Gasteiger partial charge in [0.25, 0.3) is 0 Å². The van der Waals surface area contributed by atoms with Gasteiger partial charge in [0.1, 0.15) is 11.0 Å². The second kappa shape index (κ2) is 8.45. The molecule has 0 saturated heterocycles. The fraction of sp³-hybridized carbons (Fsp3) is 0.286. The predicted octanol–water partition coefficient (Wildman–Crippen LogP) is 5.01. The fourth-order valence-electron chi connectivity index (χ4n) is 2.78. The molecule has 0 aliphatic heterocycles. The van der Waals surface area contributed by atoms with Crippen LogP contribution in [0.25, 0.3) is 11.1 Å². The van der Waals surface area contributed by atoms with Crippen LogP contribution in [0, 0.1) is 0 Å². The van der Waals surface area contributed by atoms with E-state index in [1.54, 1.807) is 12.4 Å². The standard InChI is InChI=1S/C21H21ClN4O2S2/c1-21(2,18-12-29-20(25-18)26-30(28)17-7-8-17)19(27)24-16-5-3-13(4-6-16)14-9-15(22)11-23-10-14/h3-6,9-12,17H,7-8H2,1-2H3,(H,24,27)(H,25,26). The third-order valence-electron chi connectivity index (χ3n) is 4.91. The molecule has 2 heterocycles. The summed E-state index contributed by atoms with van der Waals surface area (Å²) in [6.45, 7) is 3.65. The lowest BCUT2D eigenvalue weighted by atomic mass is 9.89. The molecule has 2 aromatic heterocycles. The number of nitrogens with one attached hydrogen (secondary N) is 2. The molecular formula is C21H21ClN4O2S2. The number of benzene rings is 1. The maximum absolute atomic E-state index is 12.9. The van der Waals surface area contributed by atoms with Crippen molar-refractivity contribution in [1.82, 2.24) is 9.97 Å². The van der Waals surface area contributed by atoms with E-state index in [-0.39, 0.29) is 11.2 Å². The zero-order chi connectivity index (χ0) is 21.3. The smallest absolute Gasteiger partial charge is 0.236 e. The first-order valence-electron chi connectivity index (χ1n) is 9.48. The van der Waals surface area contributed by atoms with Crippen LogP contribution in [-0.2, 0) is 21.2 Å². The van der Waals surface area contributed by atoms with Crippen LogP contribution in [0.5, 0.6) is 0 Å². The molecule has 1 fully saturated rings. The van der Waals surface area contributed by atoms with Gasteiger partial charge in [0.05, 0.1) is 21.4 Å². The molecule has 1 aliphatic rings. The van der Waals surface area contributed by atoms with Crippen LogP contribution in [-0.4, -0.2) is 25.3 Å². The molecule has 0 bridgehead atoms. The van der Waals surface area contributed by atoms with Crippen molar-refractivity contribution in [3.8, 4) is 11.1 Å². The second-order valence-corrected chi connectivity index (χ2v) is 10.4. The first-order valence-corrected chi connectivity index (χ1v) is 12.0. The topological polar surface area (TPSA) is 84.0 Å². The summed E-state index contributed by atoms with van der Waals surface area (Å²) in [5.41, 5.74) is 2.36. The minimum atomic E-state index is -1.10. The van der Waals surface area contributed by atoms with E-state index in [1.807, 2.05) is 49.6 Å². The van der Waals surface area contributed by atoms with Crippen LogP contribution in [0.4, 0.5) is 10.8 Å². The molecule has 1 saturated carbocycles. The van der Waals surface area contributed by atoms with Crippen molar-refractivity contribution in [2.75, 3.05) is 10.0 Å².